The zero-order valence-corrected chi connectivity index (χ0v) is 25.3. The van der Waals surface area contributed by atoms with E-state index < -0.39 is 0 Å². The number of fused-ring (bicyclic) bond motifs is 8. The molecule has 2 aromatic carbocycles. The lowest BCUT2D eigenvalue weighted by atomic mass is 9.96. The summed E-state index contributed by atoms with van der Waals surface area (Å²) in [6, 6.07) is 18.5. The molecular formula is C30H26N6O3S3. The van der Waals surface area contributed by atoms with Crippen molar-refractivity contribution in [2.75, 3.05) is 11.5 Å². The number of Topliss-reactive ketones (excluding diaryl/α,β-unsaturated/α-hetero) is 2. The summed E-state index contributed by atoms with van der Waals surface area (Å²) in [5.74, 6) is 1.38. The Labute approximate surface area is 253 Å². The van der Waals surface area contributed by atoms with Gasteiger partial charge in [0.05, 0.1) is 29.6 Å². The average molecular weight is 615 g/mol. The third kappa shape index (κ3) is 4.81. The van der Waals surface area contributed by atoms with Gasteiger partial charge in [0.1, 0.15) is 4.83 Å². The fraction of sp³-hybridized carbons (Fsp3) is 0.267. The van der Waals surface area contributed by atoms with Crippen LogP contribution in [0.5, 0.6) is 0 Å². The zero-order valence-electron chi connectivity index (χ0n) is 22.9. The van der Waals surface area contributed by atoms with Crippen molar-refractivity contribution < 1.29 is 14.3 Å². The molecule has 0 amide bonds. The van der Waals surface area contributed by atoms with Crippen LogP contribution >= 0.6 is 34.9 Å². The van der Waals surface area contributed by atoms with Crippen LogP contribution in [-0.4, -0.2) is 58.4 Å². The van der Waals surface area contributed by atoms with Gasteiger partial charge in [-0.3, -0.25) is 9.59 Å². The minimum atomic E-state index is 0.0106. The molecule has 7 rings (SSSR count). The van der Waals surface area contributed by atoms with Gasteiger partial charge in [0.2, 0.25) is 5.78 Å². The molecule has 0 saturated carbocycles. The molecule has 1 unspecified atom stereocenters. The minimum Gasteiger partial charge on any atom is -0.372 e. The fourth-order valence-electron chi connectivity index (χ4n) is 5.15. The Morgan fingerprint density at radius 3 is 2.10 bits per heavy atom. The summed E-state index contributed by atoms with van der Waals surface area (Å²) in [6.07, 6.45) is 0.872. The van der Waals surface area contributed by atoms with Crippen LogP contribution < -0.4 is 0 Å². The molecule has 0 saturated heterocycles. The molecular weight excluding hydrogens is 589 g/mol. The third-order valence-corrected chi connectivity index (χ3v) is 10.4. The van der Waals surface area contributed by atoms with Crippen LogP contribution in [0.2, 0.25) is 0 Å². The lowest BCUT2D eigenvalue weighted by molar-refractivity contribution is 0.00203. The number of benzene rings is 2. The number of ether oxygens (including phenoxy) is 1. The first-order valence-corrected chi connectivity index (χ1v) is 16.4. The molecule has 1 aliphatic rings. The van der Waals surface area contributed by atoms with Crippen LogP contribution in [0.15, 0.2) is 71.0 Å². The second kappa shape index (κ2) is 11.3. The number of aromatic nitrogens is 6. The normalized spacial score (nSPS) is 15.2. The van der Waals surface area contributed by atoms with Crippen LogP contribution in [0, 0.1) is 5.92 Å². The van der Waals surface area contributed by atoms with Crippen molar-refractivity contribution in [3.05, 3.63) is 82.2 Å². The van der Waals surface area contributed by atoms with E-state index in [1.165, 1.54) is 29.1 Å². The van der Waals surface area contributed by atoms with Gasteiger partial charge < -0.3 is 4.74 Å². The summed E-state index contributed by atoms with van der Waals surface area (Å²) >= 11 is 4.34. The first-order chi connectivity index (χ1) is 20.5. The smallest absolute Gasteiger partial charge is 0.245 e. The first kappa shape index (κ1) is 27.3. The van der Waals surface area contributed by atoms with Crippen molar-refractivity contribution in [3.63, 3.8) is 0 Å². The van der Waals surface area contributed by atoms with E-state index >= 15 is 0 Å². The Bertz CT molecular complexity index is 1950. The summed E-state index contributed by atoms with van der Waals surface area (Å²) in [4.78, 5) is 28.0. The zero-order chi connectivity index (χ0) is 28.8. The lowest BCUT2D eigenvalue weighted by Crippen LogP contribution is -2.26. The SMILES string of the molecule is CC(C)C1Cc2c(sc3c2c2nnc(SCC(=O)c4ccccc4)n2c2nnc(SCC(=O)c4ccccc4)n32)CO1. The van der Waals surface area contributed by atoms with Gasteiger partial charge in [0.15, 0.2) is 27.5 Å². The molecule has 1 atom stereocenters. The van der Waals surface area contributed by atoms with Gasteiger partial charge >= 0.3 is 0 Å². The molecule has 4 aromatic heterocycles. The summed E-state index contributed by atoms with van der Waals surface area (Å²) in [5, 5.41) is 20.4. The van der Waals surface area contributed by atoms with E-state index in [0.717, 1.165) is 21.5 Å². The number of rotatable bonds is 9. The largest absolute Gasteiger partial charge is 0.372 e. The number of hydrogen-bond donors (Lipinski definition) is 0. The highest BCUT2D eigenvalue weighted by molar-refractivity contribution is 8.00. The highest BCUT2D eigenvalue weighted by Gasteiger charge is 2.30. The molecule has 212 valence electrons. The molecule has 12 heteroatoms. The van der Waals surface area contributed by atoms with E-state index in [1.807, 2.05) is 69.5 Å². The maximum absolute atomic E-state index is 12.9. The Hall–Kier alpha value is -3.58. The van der Waals surface area contributed by atoms with Crippen molar-refractivity contribution in [1.82, 2.24) is 29.2 Å². The monoisotopic (exact) mass is 614 g/mol. The van der Waals surface area contributed by atoms with E-state index in [2.05, 4.69) is 34.2 Å². The highest BCUT2D eigenvalue weighted by atomic mass is 32.2. The van der Waals surface area contributed by atoms with Gasteiger partial charge in [-0.25, -0.2) is 8.80 Å². The summed E-state index contributed by atoms with van der Waals surface area (Å²) in [6.45, 7) is 4.88. The summed E-state index contributed by atoms with van der Waals surface area (Å²) in [5.41, 5.74) is 3.22. The number of carbonyl (C=O) groups is 2. The van der Waals surface area contributed by atoms with Crippen LogP contribution in [0.1, 0.15) is 45.0 Å². The molecule has 5 heterocycles. The molecule has 42 heavy (non-hydrogen) atoms. The highest BCUT2D eigenvalue weighted by Crippen LogP contribution is 2.41. The molecule has 0 aliphatic carbocycles. The lowest BCUT2D eigenvalue weighted by Gasteiger charge is -2.26. The Morgan fingerprint density at radius 2 is 1.48 bits per heavy atom. The van der Waals surface area contributed by atoms with Gasteiger partial charge in [0, 0.05) is 22.4 Å². The van der Waals surface area contributed by atoms with Gasteiger partial charge in [0.25, 0.3) is 0 Å². The first-order valence-electron chi connectivity index (χ1n) is 13.6. The maximum atomic E-state index is 12.9. The summed E-state index contributed by atoms with van der Waals surface area (Å²) < 4.78 is 10.1. The molecule has 6 aromatic rings. The van der Waals surface area contributed by atoms with Crippen molar-refractivity contribution >= 4 is 68.1 Å². The Balaban J connectivity index is 1.33. The standard InChI is InChI=1S/C30H26N6O3S3/c1-17(2)23-13-20-24(14-39-23)42-27-25(20)26-31-33-29(40-15-21(37)18-9-5-3-6-10-18)35(26)28-32-34-30(36(27)28)41-16-22(38)19-11-7-4-8-12-19/h3-12,17,23H,13-16H2,1-2H3. The van der Waals surface area contributed by atoms with Crippen LogP contribution in [0.3, 0.4) is 0 Å². The molecule has 0 N–H and O–H groups in total. The summed E-state index contributed by atoms with van der Waals surface area (Å²) in [7, 11) is 0. The average Bonchev–Trinajstić information content (AvgIpc) is 3.74. The van der Waals surface area contributed by atoms with Crippen molar-refractivity contribution in [3.8, 4) is 0 Å². The molecule has 0 radical (unpaired) electrons. The van der Waals surface area contributed by atoms with Crippen molar-refractivity contribution in [2.45, 2.75) is 43.3 Å². The predicted octanol–water partition coefficient (Wildman–Crippen LogP) is 6.03. The number of hydrogen-bond acceptors (Lipinski definition) is 10. The van der Waals surface area contributed by atoms with E-state index in [0.29, 0.717) is 45.4 Å². The molecule has 9 nitrogen and oxygen atoms in total. The number of thiophene rings is 1. The molecule has 1 aliphatic heterocycles. The second-order valence-corrected chi connectivity index (χ2v) is 13.4. The maximum Gasteiger partial charge on any atom is 0.245 e. The molecule has 0 bridgehead atoms. The minimum absolute atomic E-state index is 0.0106. The van der Waals surface area contributed by atoms with E-state index in [-0.39, 0.29) is 29.2 Å². The Kier molecular flexibility index (Phi) is 7.30. The van der Waals surface area contributed by atoms with Crippen molar-refractivity contribution in [1.29, 1.82) is 0 Å². The fourth-order valence-corrected chi connectivity index (χ4v) is 8.10. The third-order valence-electron chi connectivity index (χ3n) is 7.38. The number of ketones is 2. The van der Waals surface area contributed by atoms with Crippen molar-refractivity contribution in [2.24, 2.45) is 5.92 Å². The van der Waals surface area contributed by atoms with Crippen LogP contribution in [0.4, 0.5) is 0 Å². The van der Waals surface area contributed by atoms with Gasteiger partial charge in [-0.05, 0) is 11.5 Å². The molecule has 0 fully saturated rings. The quantitative estimate of drug-likeness (QED) is 0.143. The predicted molar refractivity (Wildman–Crippen MR) is 165 cm³/mol. The van der Waals surface area contributed by atoms with E-state index in [9.17, 15) is 9.59 Å². The van der Waals surface area contributed by atoms with Crippen LogP contribution in [0.25, 0.3) is 21.6 Å². The second-order valence-electron chi connectivity index (χ2n) is 10.4. The number of carbonyl (C=O) groups excluding carboxylic acids is 2. The van der Waals surface area contributed by atoms with Gasteiger partial charge in [-0.1, -0.05) is 98.0 Å². The van der Waals surface area contributed by atoms with E-state index in [4.69, 9.17) is 4.74 Å². The van der Waals surface area contributed by atoms with E-state index in [1.54, 1.807) is 11.3 Å². The number of nitrogens with zero attached hydrogens (tertiary/aromatic N) is 6. The topological polar surface area (TPSA) is 104 Å². The Morgan fingerprint density at radius 1 is 0.881 bits per heavy atom. The molecule has 0 spiro atoms. The van der Waals surface area contributed by atoms with Crippen LogP contribution in [-0.2, 0) is 17.8 Å². The van der Waals surface area contributed by atoms with Gasteiger partial charge in [-0.15, -0.1) is 31.7 Å². The van der Waals surface area contributed by atoms with Gasteiger partial charge in [-0.2, -0.15) is 0 Å². The number of thioether (sulfide) groups is 2.